The lowest BCUT2D eigenvalue weighted by atomic mass is 9.96. The van der Waals surface area contributed by atoms with Crippen LogP contribution in [0.5, 0.6) is 0 Å². The van der Waals surface area contributed by atoms with Gasteiger partial charge >= 0.3 is 6.09 Å². The Morgan fingerprint density at radius 3 is 2.29 bits per heavy atom. The molecule has 14 nitrogen and oxygen atoms in total. The molecule has 0 saturated carbocycles. The molecule has 5 atom stereocenters. The van der Waals surface area contributed by atoms with Crippen molar-refractivity contribution in [1.82, 2.24) is 25.8 Å². The second-order valence-corrected chi connectivity index (χ2v) is 16.0. The molecular weight excluding hydrogens is 653 g/mol. The van der Waals surface area contributed by atoms with Gasteiger partial charge in [-0.25, -0.2) is 4.79 Å². The molecule has 49 heavy (non-hydrogen) atoms. The van der Waals surface area contributed by atoms with Gasteiger partial charge < -0.3 is 25.2 Å². The molecule has 2 aliphatic heterocycles. The smallest absolute Gasteiger partial charge is 0.410 e. The summed E-state index contributed by atoms with van der Waals surface area (Å²) in [6, 6.07) is 6.26. The zero-order chi connectivity index (χ0) is 36.3. The molecule has 3 N–H and O–H groups in total. The average molecular weight is 706 g/mol. The summed E-state index contributed by atoms with van der Waals surface area (Å²) in [5.41, 5.74) is 0.797. The van der Waals surface area contributed by atoms with E-state index in [1.807, 2.05) is 58.0 Å². The number of likely N-dealkylation sites (N-methyl/N-ethyl adjacent to an activating group) is 1. The number of hydrogen-bond donors (Lipinski definition) is 3. The highest BCUT2D eigenvalue weighted by Crippen LogP contribution is 2.50. The lowest BCUT2D eigenvalue weighted by Gasteiger charge is -2.29. The summed E-state index contributed by atoms with van der Waals surface area (Å²) in [5.74, 6) is -3.45. The van der Waals surface area contributed by atoms with Gasteiger partial charge in [0.15, 0.2) is 0 Å². The van der Waals surface area contributed by atoms with Crippen molar-refractivity contribution in [2.75, 3.05) is 32.6 Å². The molecule has 2 heterocycles. The Bertz CT molecular complexity index is 1390. The summed E-state index contributed by atoms with van der Waals surface area (Å²) in [7, 11) is -2.32. The summed E-state index contributed by atoms with van der Waals surface area (Å²) in [6.07, 6.45) is -0.144. The van der Waals surface area contributed by atoms with Gasteiger partial charge in [0.2, 0.25) is 31.0 Å². The summed E-state index contributed by atoms with van der Waals surface area (Å²) in [5, 5.41) is 7.98. The number of ether oxygens (including phenoxy) is 1. The van der Waals surface area contributed by atoms with Crippen molar-refractivity contribution in [3.05, 3.63) is 35.9 Å². The number of amides is 6. The van der Waals surface area contributed by atoms with Gasteiger partial charge in [0, 0.05) is 25.7 Å². The van der Waals surface area contributed by atoms with E-state index in [1.54, 1.807) is 6.92 Å². The Hall–Kier alpha value is -3.77. The van der Waals surface area contributed by atoms with Crippen molar-refractivity contribution in [3.63, 3.8) is 0 Å². The van der Waals surface area contributed by atoms with Gasteiger partial charge in [0.25, 0.3) is 5.91 Å². The van der Waals surface area contributed by atoms with Gasteiger partial charge in [-0.05, 0) is 50.0 Å². The number of hydrogen-bond acceptors (Lipinski definition) is 9. The first kappa shape index (κ1) is 39.7. The van der Waals surface area contributed by atoms with Crippen LogP contribution in [0.25, 0.3) is 0 Å². The minimum absolute atomic E-state index is 0.00970. The monoisotopic (exact) mass is 705 g/mol. The van der Waals surface area contributed by atoms with E-state index in [0.717, 1.165) is 10.5 Å². The van der Waals surface area contributed by atoms with E-state index in [0.29, 0.717) is 32.2 Å². The van der Waals surface area contributed by atoms with E-state index in [9.17, 15) is 33.3 Å². The number of benzene rings is 1. The van der Waals surface area contributed by atoms with Gasteiger partial charge in [0.1, 0.15) is 31.0 Å². The Kier molecular flexibility index (Phi) is 14.8. The molecule has 2 saturated heterocycles. The van der Waals surface area contributed by atoms with Gasteiger partial charge in [-0.1, -0.05) is 58.0 Å². The van der Waals surface area contributed by atoms with Crippen molar-refractivity contribution in [1.29, 1.82) is 0 Å². The van der Waals surface area contributed by atoms with Crippen molar-refractivity contribution < 1.29 is 42.6 Å². The van der Waals surface area contributed by atoms with E-state index >= 15 is 0 Å². The zero-order valence-corrected chi connectivity index (χ0v) is 30.3. The second kappa shape index (κ2) is 18.3. The van der Waals surface area contributed by atoms with Crippen LogP contribution in [0.3, 0.4) is 0 Å². The number of carbonyl (C=O) groups is 6. The van der Waals surface area contributed by atoms with Crippen molar-refractivity contribution in [2.45, 2.75) is 91.5 Å². The van der Waals surface area contributed by atoms with Crippen molar-refractivity contribution >= 4 is 43.0 Å². The predicted molar refractivity (Wildman–Crippen MR) is 182 cm³/mol. The van der Waals surface area contributed by atoms with Crippen molar-refractivity contribution in [2.24, 2.45) is 17.8 Å². The van der Waals surface area contributed by atoms with E-state index in [2.05, 4.69) is 16.0 Å². The Morgan fingerprint density at radius 2 is 1.67 bits per heavy atom. The number of nitrogens with zero attached hydrogens (tertiary/aromatic N) is 2. The summed E-state index contributed by atoms with van der Waals surface area (Å²) in [6.45, 7) is 9.67. The second-order valence-electron chi connectivity index (χ2n) is 13.5. The van der Waals surface area contributed by atoms with Crippen LogP contribution < -0.4 is 16.0 Å². The maximum Gasteiger partial charge on any atom is 0.410 e. The van der Waals surface area contributed by atoms with Crippen LogP contribution in [0.4, 0.5) is 4.79 Å². The topological polar surface area (TPSA) is 181 Å². The maximum atomic E-state index is 14.3. The predicted octanol–water partition coefficient (Wildman–Crippen LogP) is 3.24. The molecule has 1 aromatic carbocycles. The highest BCUT2D eigenvalue weighted by Gasteiger charge is 2.46. The molecular formula is C34H52N5O9P. The SMILES string of the molecule is CCOP(=O)(C[C@@H](CC(C)C)C(=O)N[C@@H](CC(C)C)C(=O)NC)CN1C(=O)C[C@H](NC(=O)[C@H]2CCCN2C(=O)OCc2ccccc2)C1=O. The molecule has 15 heteroatoms. The largest absolute Gasteiger partial charge is 0.445 e. The lowest BCUT2D eigenvalue weighted by Crippen LogP contribution is -2.51. The zero-order valence-electron chi connectivity index (χ0n) is 29.4. The van der Waals surface area contributed by atoms with E-state index in [-0.39, 0.29) is 43.5 Å². The third kappa shape index (κ3) is 11.4. The first-order chi connectivity index (χ1) is 23.2. The van der Waals surface area contributed by atoms with Crippen LogP contribution in [0.1, 0.15) is 72.3 Å². The third-order valence-corrected chi connectivity index (χ3v) is 10.9. The van der Waals surface area contributed by atoms with Crippen molar-refractivity contribution in [3.8, 4) is 0 Å². The van der Waals surface area contributed by atoms with E-state index in [1.165, 1.54) is 11.9 Å². The molecule has 0 spiro atoms. The van der Waals surface area contributed by atoms with Crippen LogP contribution in [0.15, 0.2) is 30.3 Å². The fourth-order valence-electron chi connectivity index (χ4n) is 6.21. The van der Waals surface area contributed by atoms with Crippen LogP contribution in [0.2, 0.25) is 0 Å². The van der Waals surface area contributed by atoms with Gasteiger partial charge in [-0.3, -0.25) is 38.3 Å². The molecule has 2 fully saturated rings. The van der Waals surface area contributed by atoms with Gasteiger partial charge in [-0.15, -0.1) is 0 Å². The summed E-state index contributed by atoms with van der Waals surface area (Å²) in [4.78, 5) is 80.8. The molecule has 3 rings (SSSR count). The fourth-order valence-corrected chi connectivity index (χ4v) is 8.70. The molecule has 0 radical (unpaired) electrons. The number of carbonyl (C=O) groups excluding carboxylic acids is 6. The molecule has 6 amide bonds. The summed E-state index contributed by atoms with van der Waals surface area (Å²) >= 11 is 0. The average Bonchev–Trinajstić information content (AvgIpc) is 3.64. The fraction of sp³-hybridized carbons (Fsp3) is 0.647. The van der Waals surface area contributed by atoms with Crippen LogP contribution in [-0.2, 0) is 44.4 Å². The normalized spacial score (nSPS) is 20.2. The van der Waals surface area contributed by atoms with E-state index in [4.69, 9.17) is 9.26 Å². The molecule has 1 unspecified atom stereocenters. The molecule has 0 aromatic heterocycles. The number of nitrogens with one attached hydrogen (secondary N) is 3. The molecule has 0 bridgehead atoms. The van der Waals surface area contributed by atoms with Crippen LogP contribution in [0, 0.1) is 17.8 Å². The molecule has 2 aliphatic rings. The number of imide groups is 1. The Balaban J connectivity index is 1.68. The number of likely N-dealkylation sites (tertiary alicyclic amines) is 2. The first-order valence-electron chi connectivity index (χ1n) is 17.0. The standard InChI is InChI=1S/C34H52N5O9P/c1-7-48-49(46,20-25(16-22(2)3)30(41)36-26(17-23(4)5)31(42)35-6)21-39-29(40)18-27(33(39)44)37-32(43)28-14-11-15-38(28)34(45)47-19-24-12-9-8-10-13-24/h8-10,12-13,22-23,25-28H,7,11,14-21H2,1-6H3,(H,35,42)(H,36,41)(H,37,43)/t25-,26+,27+,28-,49?/m1/s1. The van der Waals surface area contributed by atoms with Crippen LogP contribution in [-0.4, -0.2) is 96.2 Å². The maximum absolute atomic E-state index is 14.3. The van der Waals surface area contributed by atoms with Crippen LogP contribution >= 0.6 is 7.37 Å². The van der Waals surface area contributed by atoms with E-state index < -0.39 is 67.4 Å². The van der Waals surface area contributed by atoms with Gasteiger partial charge in [0.05, 0.1) is 13.0 Å². The Labute approximate surface area is 288 Å². The third-order valence-electron chi connectivity index (χ3n) is 8.49. The Morgan fingerprint density at radius 1 is 1.00 bits per heavy atom. The minimum Gasteiger partial charge on any atom is -0.445 e. The lowest BCUT2D eigenvalue weighted by molar-refractivity contribution is -0.139. The minimum atomic E-state index is -3.81. The highest BCUT2D eigenvalue weighted by molar-refractivity contribution is 7.59. The highest BCUT2D eigenvalue weighted by atomic mass is 31.2. The molecule has 1 aromatic rings. The summed E-state index contributed by atoms with van der Waals surface area (Å²) < 4.78 is 25.4. The number of rotatable bonds is 17. The molecule has 0 aliphatic carbocycles. The first-order valence-corrected chi connectivity index (χ1v) is 19.0. The van der Waals surface area contributed by atoms with Gasteiger partial charge in [-0.2, -0.15) is 0 Å². The quantitative estimate of drug-likeness (QED) is 0.162. The molecule has 272 valence electrons.